The number of alkyl halides is 1. The number of hydrogen-bond acceptors (Lipinski definition) is 4. The summed E-state index contributed by atoms with van der Waals surface area (Å²) in [7, 11) is 1.31. The largest absolute Gasteiger partial charge is 0.465 e. The minimum Gasteiger partial charge on any atom is -0.465 e. The number of ether oxygens (including phenoxy) is 1. The smallest absolute Gasteiger partial charge is 0.339 e. The predicted molar refractivity (Wildman–Crippen MR) is 62.7 cm³/mol. The first-order chi connectivity index (χ1) is 7.56. The summed E-state index contributed by atoms with van der Waals surface area (Å²) in [4.78, 5) is 11.4. The molecule has 0 aliphatic rings. The van der Waals surface area contributed by atoms with Crippen molar-refractivity contribution in [1.29, 1.82) is 0 Å². The van der Waals surface area contributed by atoms with E-state index in [4.69, 9.17) is 11.6 Å². The van der Waals surface area contributed by atoms with Crippen LogP contribution < -0.4 is 5.32 Å². The summed E-state index contributed by atoms with van der Waals surface area (Å²) in [5, 5.41) is 11.8. The maximum atomic E-state index is 11.4. The van der Waals surface area contributed by atoms with Crippen molar-refractivity contribution in [3.63, 3.8) is 0 Å². The zero-order chi connectivity index (χ0) is 12.1. The SMILES string of the molecule is COC(=O)c1ccccc1NC(O)C(C)Cl. The van der Waals surface area contributed by atoms with Gasteiger partial charge in [0, 0.05) is 0 Å². The summed E-state index contributed by atoms with van der Waals surface area (Å²) in [6.45, 7) is 1.65. The van der Waals surface area contributed by atoms with E-state index in [2.05, 4.69) is 10.1 Å². The molecule has 0 saturated heterocycles. The molecule has 16 heavy (non-hydrogen) atoms. The van der Waals surface area contributed by atoms with Crippen molar-refractivity contribution in [2.45, 2.75) is 18.5 Å². The lowest BCUT2D eigenvalue weighted by Crippen LogP contribution is -2.28. The van der Waals surface area contributed by atoms with Crippen molar-refractivity contribution in [1.82, 2.24) is 0 Å². The lowest BCUT2D eigenvalue weighted by Gasteiger charge is -2.17. The molecule has 1 aromatic carbocycles. The summed E-state index contributed by atoms with van der Waals surface area (Å²) in [6, 6.07) is 6.75. The van der Waals surface area contributed by atoms with Gasteiger partial charge in [0.05, 0.1) is 23.7 Å². The minimum atomic E-state index is -0.924. The van der Waals surface area contributed by atoms with E-state index in [1.54, 1.807) is 31.2 Å². The molecule has 0 radical (unpaired) electrons. The summed E-state index contributed by atoms with van der Waals surface area (Å²) >= 11 is 5.72. The fourth-order valence-electron chi connectivity index (χ4n) is 1.17. The van der Waals surface area contributed by atoms with Gasteiger partial charge in [-0.05, 0) is 19.1 Å². The van der Waals surface area contributed by atoms with Crippen LogP contribution in [0, 0.1) is 0 Å². The summed E-state index contributed by atoms with van der Waals surface area (Å²) in [5.74, 6) is -0.461. The Balaban J connectivity index is 2.91. The minimum absolute atomic E-state index is 0.362. The molecule has 4 nitrogen and oxygen atoms in total. The zero-order valence-electron chi connectivity index (χ0n) is 9.11. The van der Waals surface area contributed by atoms with Gasteiger partial charge in [-0.25, -0.2) is 4.79 Å². The molecule has 2 atom stereocenters. The molecular formula is C11H14ClNO3. The van der Waals surface area contributed by atoms with E-state index in [0.29, 0.717) is 11.3 Å². The number of hydrogen-bond donors (Lipinski definition) is 2. The van der Waals surface area contributed by atoms with Crippen LogP contribution in [0.4, 0.5) is 5.69 Å². The quantitative estimate of drug-likeness (QED) is 0.481. The highest BCUT2D eigenvalue weighted by molar-refractivity contribution is 6.20. The molecule has 88 valence electrons. The van der Waals surface area contributed by atoms with Gasteiger partial charge in [-0.2, -0.15) is 0 Å². The third-order valence-corrected chi connectivity index (χ3v) is 2.31. The van der Waals surface area contributed by atoms with E-state index in [1.807, 2.05) is 0 Å². The number of para-hydroxylation sites is 1. The molecule has 0 heterocycles. The number of esters is 1. The molecule has 0 aliphatic heterocycles. The lowest BCUT2D eigenvalue weighted by atomic mass is 10.1. The molecule has 2 N–H and O–H groups in total. The second kappa shape index (κ2) is 5.72. The highest BCUT2D eigenvalue weighted by Crippen LogP contribution is 2.18. The molecule has 1 aromatic rings. The van der Waals surface area contributed by atoms with Crippen molar-refractivity contribution >= 4 is 23.3 Å². The van der Waals surface area contributed by atoms with Crippen LogP contribution in [0.1, 0.15) is 17.3 Å². The van der Waals surface area contributed by atoms with Crippen LogP contribution in [-0.2, 0) is 4.74 Å². The van der Waals surface area contributed by atoms with Gasteiger partial charge in [-0.3, -0.25) is 0 Å². The van der Waals surface area contributed by atoms with E-state index in [0.717, 1.165) is 0 Å². The van der Waals surface area contributed by atoms with Crippen LogP contribution >= 0.6 is 11.6 Å². The highest BCUT2D eigenvalue weighted by atomic mass is 35.5. The molecule has 0 aliphatic carbocycles. The molecule has 1 rings (SSSR count). The topological polar surface area (TPSA) is 58.6 Å². The molecule has 0 amide bonds. The fourth-order valence-corrected chi connectivity index (χ4v) is 1.23. The molecule has 0 saturated carbocycles. The number of rotatable bonds is 4. The van der Waals surface area contributed by atoms with Gasteiger partial charge in [-0.15, -0.1) is 11.6 Å². The Morgan fingerprint density at radius 3 is 2.69 bits per heavy atom. The first kappa shape index (κ1) is 12.8. The number of carbonyl (C=O) groups is 1. The molecular weight excluding hydrogens is 230 g/mol. The van der Waals surface area contributed by atoms with Crippen LogP contribution in [-0.4, -0.2) is 29.8 Å². The normalized spacial score (nSPS) is 14.0. The Labute approximate surface area is 99.2 Å². The summed E-state index contributed by atoms with van der Waals surface area (Å²) in [6.07, 6.45) is -0.924. The van der Waals surface area contributed by atoms with Gasteiger partial charge in [0.1, 0.15) is 6.23 Å². The van der Waals surface area contributed by atoms with Gasteiger partial charge < -0.3 is 15.2 Å². The maximum absolute atomic E-state index is 11.4. The van der Waals surface area contributed by atoms with E-state index in [-0.39, 0.29) is 0 Å². The maximum Gasteiger partial charge on any atom is 0.339 e. The molecule has 0 spiro atoms. The van der Waals surface area contributed by atoms with Gasteiger partial charge in [0.15, 0.2) is 0 Å². The average Bonchev–Trinajstić information content (AvgIpc) is 2.28. The predicted octanol–water partition coefficient (Wildman–Crippen LogP) is 1.83. The van der Waals surface area contributed by atoms with Crippen LogP contribution in [0.25, 0.3) is 0 Å². The number of carbonyl (C=O) groups excluding carboxylic acids is 1. The molecule has 5 heteroatoms. The van der Waals surface area contributed by atoms with E-state index < -0.39 is 17.6 Å². The van der Waals surface area contributed by atoms with Crippen molar-refractivity contribution in [3.8, 4) is 0 Å². The van der Waals surface area contributed by atoms with Crippen molar-refractivity contribution < 1.29 is 14.6 Å². The Morgan fingerprint density at radius 2 is 2.12 bits per heavy atom. The van der Waals surface area contributed by atoms with Gasteiger partial charge >= 0.3 is 5.97 Å². The Bertz CT molecular complexity index is 368. The lowest BCUT2D eigenvalue weighted by molar-refractivity contribution is 0.0601. The number of aliphatic hydroxyl groups is 1. The number of anilines is 1. The number of halogens is 1. The Hall–Kier alpha value is -1.26. The molecule has 0 fully saturated rings. The average molecular weight is 244 g/mol. The van der Waals surface area contributed by atoms with Crippen LogP contribution in [0.2, 0.25) is 0 Å². The van der Waals surface area contributed by atoms with Gasteiger partial charge in [0.2, 0.25) is 0 Å². The molecule has 0 bridgehead atoms. The second-order valence-corrected chi connectivity index (χ2v) is 3.99. The summed E-state index contributed by atoms with van der Waals surface area (Å²) in [5.41, 5.74) is 0.857. The van der Waals surface area contributed by atoms with Gasteiger partial charge in [-0.1, -0.05) is 12.1 Å². The van der Waals surface area contributed by atoms with Crippen molar-refractivity contribution in [2.75, 3.05) is 12.4 Å². The van der Waals surface area contributed by atoms with E-state index >= 15 is 0 Å². The fraction of sp³-hybridized carbons (Fsp3) is 0.364. The molecule has 0 aromatic heterocycles. The Morgan fingerprint density at radius 1 is 1.50 bits per heavy atom. The monoisotopic (exact) mass is 243 g/mol. The number of aliphatic hydroxyl groups excluding tert-OH is 1. The third kappa shape index (κ3) is 3.12. The van der Waals surface area contributed by atoms with E-state index in [9.17, 15) is 9.90 Å². The van der Waals surface area contributed by atoms with Crippen molar-refractivity contribution in [3.05, 3.63) is 29.8 Å². The number of methoxy groups -OCH3 is 1. The third-order valence-electron chi connectivity index (χ3n) is 2.07. The van der Waals surface area contributed by atoms with Crippen molar-refractivity contribution in [2.24, 2.45) is 0 Å². The highest BCUT2D eigenvalue weighted by Gasteiger charge is 2.15. The van der Waals surface area contributed by atoms with Gasteiger partial charge in [0.25, 0.3) is 0 Å². The summed E-state index contributed by atoms with van der Waals surface area (Å²) < 4.78 is 4.63. The zero-order valence-corrected chi connectivity index (χ0v) is 9.86. The first-order valence-electron chi connectivity index (χ1n) is 4.82. The number of nitrogens with one attached hydrogen (secondary N) is 1. The Kier molecular flexibility index (Phi) is 4.58. The van der Waals surface area contributed by atoms with E-state index in [1.165, 1.54) is 7.11 Å². The number of benzene rings is 1. The van der Waals surface area contributed by atoms with Crippen LogP contribution in [0.3, 0.4) is 0 Å². The van der Waals surface area contributed by atoms with Crippen LogP contribution in [0.15, 0.2) is 24.3 Å². The van der Waals surface area contributed by atoms with Crippen LogP contribution in [0.5, 0.6) is 0 Å². The second-order valence-electron chi connectivity index (χ2n) is 3.30. The molecule has 2 unspecified atom stereocenters. The standard InChI is InChI=1S/C11H14ClNO3/c1-7(12)10(14)13-9-6-4-3-5-8(9)11(15)16-2/h3-7,10,13-14H,1-2H3. The first-order valence-corrected chi connectivity index (χ1v) is 5.26.